The summed E-state index contributed by atoms with van der Waals surface area (Å²) in [4.78, 5) is 16.9. The number of halogens is 2. The highest BCUT2D eigenvalue weighted by Crippen LogP contribution is 2.17. The van der Waals surface area contributed by atoms with Gasteiger partial charge in [-0.1, -0.05) is 11.6 Å². The molecule has 3 aromatic rings. The normalized spacial score (nSPS) is 10.5. The van der Waals surface area contributed by atoms with Crippen molar-refractivity contribution in [2.75, 3.05) is 5.32 Å². The molecule has 0 radical (unpaired) electrons. The molecule has 1 amide bonds. The van der Waals surface area contributed by atoms with Crippen molar-refractivity contribution in [3.63, 3.8) is 0 Å². The molecule has 0 spiro atoms. The number of anilines is 1. The van der Waals surface area contributed by atoms with Crippen molar-refractivity contribution < 1.29 is 9.18 Å². The Bertz CT molecular complexity index is 835. The van der Waals surface area contributed by atoms with Gasteiger partial charge in [-0.3, -0.25) is 4.79 Å². The molecule has 2 aromatic heterocycles. The summed E-state index contributed by atoms with van der Waals surface area (Å²) in [6, 6.07) is 8.95. The van der Waals surface area contributed by atoms with Crippen molar-refractivity contribution >= 4 is 23.2 Å². The van der Waals surface area contributed by atoms with Gasteiger partial charge in [-0.15, -0.1) is 10.2 Å². The molecule has 0 aliphatic heterocycles. The molecule has 2 heterocycles. The molecule has 0 aliphatic rings. The van der Waals surface area contributed by atoms with Gasteiger partial charge in [0.15, 0.2) is 5.15 Å². The molecule has 0 bridgehead atoms. The van der Waals surface area contributed by atoms with Gasteiger partial charge >= 0.3 is 0 Å². The molecule has 1 N–H and O–H groups in total. The monoisotopic (exact) mass is 332 g/mol. The van der Waals surface area contributed by atoms with E-state index in [0.717, 1.165) is 4.80 Å². The topological polar surface area (TPSA) is 85.6 Å². The number of aromatic nitrogens is 5. The summed E-state index contributed by atoms with van der Waals surface area (Å²) in [7, 11) is 0. The Labute approximate surface area is 135 Å². The highest BCUT2D eigenvalue weighted by Gasteiger charge is 2.11. The second kappa shape index (κ2) is 6.49. The number of benzene rings is 1. The number of hydrogen-bond acceptors (Lipinski definition) is 5. The van der Waals surface area contributed by atoms with Crippen molar-refractivity contribution in [3.8, 4) is 11.4 Å². The molecule has 9 heteroatoms. The van der Waals surface area contributed by atoms with Crippen LogP contribution in [0.2, 0.25) is 5.15 Å². The second-order valence-electron chi connectivity index (χ2n) is 4.54. The van der Waals surface area contributed by atoms with Gasteiger partial charge in [0, 0.05) is 11.8 Å². The minimum atomic E-state index is -0.372. The van der Waals surface area contributed by atoms with Crippen molar-refractivity contribution in [2.45, 2.75) is 6.54 Å². The summed E-state index contributed by atoms with van der Waals surface area (Å²) >= 11 is 5.86. The van der Waals surface area contributed by atoms with E-state index in [2.05, 4.69) is 25.7 Å². The van der Waals surface area contributed by atoms with E-state index in [1.807, 2.05) is 0 Å². The number of nitrogens with one attached hydrogen (secondary N) is 1. The molecule has 0 unspecified atom stereocenters. The first-order valence-electron chi connectivity index (χ1n) is 6.56. The molecule has 23 heavy (non-hydrogen) atoms. The van der Waals surface area contributed by atoms with E-state index in [0.29, 0.717) is 17.1 Å². The lowest BCUT2D eigenvalue weighted by atomic mass is 10.2. The summed E-state index contributed by atoms with van der Waals surface area (Å²) in [5.41, 5.74) is 1.01. The molecule has 0 saturated carbocycles. The molecular formula is C14H10ClFN6O. The number of nitrogens with zero attached hydrogens (tertiary/aromatic N) is 5. The van der Waals surface area contributed by atoms with Crippen molar-refractivity contribution in [3.05, 3.63) is 53.6 Å². The maximum Gasteiger partial charge on any atom is 0.248 e. The van der Waals surface area contributed by atoms with Crippen LogP contribution in [-0.2, 0) is 11.3 Å². The molecule has 0 saturated heterocycles. The van der Waals surface area contributed by atoms with E-state index in [1.54, 1.807) is 12.1 Å². The largest absolute Gasteiger partial charge is 0.322 e. The van der Waals surface area contributed by atoms with Crippen LogP contribution in [0.25, 0.3) is 11.4 Å². The minimum absolute atomic E-state index is 0.139. The maximum atomic E-state index is 12.9. The first-order chi connectivity index (χ1) is 11.1. The first-order valence-corrected chi connectivity index (χ1v) is 6.94. The summed E-state index contributed by atoms with van der Waals surface area (Å²) < 4.78 is 12.9. The van der Waals surface area contributed by atoms with Gasteiger partial charge in [0.05, 0.1) is 5.69 Å². The van der Waals surface area contributed by atoms with E-state index in [9.17, 15) is 9.18 Å². The highest BCUT2D eigenvalue weighted by molar-refractivity contribution is 6.32. The Morgan fingerprint density at radius 3 is 2.78 bits per heavy atom. The minimum Gasteiger partial charge on any atom is -0.322 e. The smallest absolute Gasteiger partial charge is 0.248 e. The SMILES string of the molecule is O=C(Cn1nnc(-c2ccc(F)cc2)n1)Nc1cccnc1Cl. The predicted molar refractivity (Wildman–Crippen MR) is 81.1 cm³/mol. The molecule has 0 atom stereocenters. The fourth-order valence-electron chi connectivity index (χ4n) is 1.82. The first kappa shape index (κ1) is 15.0. The number of rotatable bonds is 4. The zero-order valence-electron chi connectivity index (χ0n) is 11.6. The van der Waals surface area contributed by atoms with Gasteiger partial charge in [0.2, 0.25) is 11.7 Å². The summed E-state index contributed by atoms with van der Waals surface area (Å²) in [5, 5.41) is 14.5. The number of tetrazole rings is 1. The fraction of sp³-hybridized carbons (Fsp3) is 0.0714. The molecule has 1 aromatic carbocycles. The van der Waals surface area contributed by atoms with Crippen molar-refractivity contribution in [1.82, 2.24) is 25.2 Å². The summed E-state index contributed by atoms with van der Waals surface area (Å²) in [6.07, 6.45) is 1.52. The van der Waals surface area contributed by atoms with E-state index < -0.39 is 0 Å². The third kappa shape index (κ3) is 3.67. The van der Waals surface area contributed by atoms with Gasteiger partial charge in [-0.2, -0.15) is 4.80 Å². The van der Waals surface area contributed by atoms with Crippen LogP contribution in [0, 0.1) is 5.82 Å². The number of carbonyl (C=O) groups is 1. The lowest BCUT2D eigenvalue weighted by molar-refractivity contribution is -0.117. The Hall–Kier alpha value is -2.87. The average Bonchev–Trinajstić information content (AvgIpc) is 2.98. The number of amides is 1. The molecule has 7 nitrogen and oxygen atoms in total. The van der Waals surface area contributed by atoms with Crippen LogP contribution >= 0.6 is 11.6 Å². The zero-order chi connectivity index (χ0) is 16.2. The van der Waals surface area contributed by atoms with E-state index >= 15 is 0 Å². The average molecular weight is 333 g/mol. The zero-order valence-corrected chi connectivity index (χ0v) is 12.4. The Kier molecular flexibility index (Phi) is 4.24. The fourth-order valence-corrected chi connectivity index (χ4v) is 1.99. The summed E-state index contributed by atoms with van der Waals surface area (Å²) in [6.45, 7) is -0.139. The maximum absolute atomic E-state index is 12.9. The van der Waals surface area contributed by atoms with E-state index in [1.165, 1.54) is 30.5 Å². The number of hydrogen-bond donors (Lipinski definition) is 1. The second-order valence-corrected chi connectivity index (χ2v) is 4.90. The third-order valence-corrected chi connectivity index (χ3v) is 3.17. The van der Waals surface area contributed by atoms with Crippen LogP contribution in [0.3, 0.4) is 0 Å². The Balaban J connectivity index is 1.68. The molecule has 0 aliphatic carbocycles. The number of carbonyl (C=O) groups excluding carboxylic acids is 1. The number of pyridine rings is 1. The van der Waals surface area contributed by atoms with E-state index in [-0.39, 0.29) is 23.4 Å². The van der Waals surface area contributed by atoms with Crippen LogP contribution in [0.1, 0.15) is 0 Å². The van der Waals surface area contributed by atoms with Gasteiger partial charge in [-0.05, 0) is 41.6 Å². The van der Waals surface area contributed by atoms with Gasteiger partial charge in [0.25, 0.3) is 0 Å². The van der Waals surface area contributed by atoms with E-state index in [4.69, 9.17) is 11.6 Å². The quantitative estimate of drug-likeness (QED) is 0.740. The third-order valence-electron chi connectivity index (χ3n) is 2.87. The standard InChI is InChI=1S/C14H10ClFN6O/c15-13-11(2-1-7-17-13)18-12(23)8-22-20-14(19-21-22)9-3-5-10(16)6-4-9/h1-7H,8H2,(H,18,23). The predicted octanol–water partition coefficient (Wildman–Crippen LogP) is 2.17. The van der Waals surface area contributed by atoms with Gasteiger partial charge in [0.1, 0.15) is 12.4 Å². The lowest BCUT2D eigenvalue weighted by Crippen LogP contribution is -2.20. The van der Waals surface area contributed by atoms with Crippen LogP contribution in [0.4, 0.5) is 10.1 Å². The lowest BCUT2D eigenvalue weighted by Gasteiger charge is -2.05. The van der Waals surface area contributed by atoms with Crippen molar-refractivity contribution in [2.24, 2.45) is 0 Å². The van der Waals surface area contributed by atoms with Crippen LogP contribution in [-0.4, -0.2) is 31.1 Å². The Morgan fingerprint density at radius 2 is 2.04 bits per heavy atom. The van der Waals surface area contributed by atoms with Crippen LogP contribution < -0.4 is 5.32 Å². The van der Waals surface area contributed by atoms with Crippen molar-refractivity contribution in [1.29, 1.82) is 0 Å². The Morgan fingerprint density at radius 1 is 1.26 bits per heavy atom. The summed E-state index contributed by atoms with van der Waals surface area (Å²) in [5.74, 6) is -0.422. The molecule has 0 fully saturated rings. The van der Waals surface area contributed by atoms with Crippen LogP contribution in [0.15, 0.2) is 42.6 Å². The highest BCUT2D eigenvalue weighted by atomic mass is 35.5. The van der Waals surface area contributed by atoms with Crippen LogP contribution in [0.5, 0.6) is 0 Å². The molecule has 3 rings (SSSR count). The molecule has 116 valence electrons. The van der Waals surface area contributed by atoms with Gasteiger partial charge < -0.3 is 5.32 Å². The van der Waals surface area contributed by atoms with Gasteiger partial charge in [-0.25, -0.2) is 9.37 Å². The molecular weight excluding hydrogens is 323 g/mol.